The number of ether oxygens (including phenoxy) is 4. The second-order valence-corrected chi connectivity index (χ2v) is 7.75. The smallest absolute Gasteiger partial charge is 0.348 e. The molecular formula is C21H22O9. The van der Waals surface area contributed by atoms with Crippen LogP contribution in [0.5, 0.6) is 11.5 Å². The van der Waals surface area contributed by atoms with Crippen LogP contribution in [0, 0.1) is 5.41 Å². The molecule has 160 valence electrons. The summed E-state index contributed by atoms with van der Waals surface area (Å²) < 4.78 is 25.9. The van der Waals surface area contributed by atoms with E-state index in [0.29, 0.717) is 11.1 Å². The predicted octanol–water partition coefficient (Wildman–Crippen LogP) is 2.33. The Morgan fingerprint density at radius 3 is 2.47 bits per heavy atom. The largest absolute Gasteiger partial charge is 0.497 e. The minimum atomic E-state index is -1.05. The van der Waals surface area contributed by atoms with Crippen LogP contribution in [0.4, 0.5) is 0 Å². The molecule has 1 aliphatic heterocycles. The molecule has 1 aliphatic rings. The number of fused-ring (bicyclic) bond motifs is 1. The quantitative estimate of drug-likeness (QED) is 0.532. The third-order valence-electron chi connectivity index (χ3n) is 4.83. The third kappa shape index (κ3) is 4.00. The zero-order valence-electron chi connectivity index (χ0n) is 17.3. The molecule has 30 heavy (non-hydrogen) atoms. The van der Waals surface area contributed by atoms with E-state index >= 15 is 0 Å². The van der Waals surface area contributed by atoms with Crippen LogP contribution in [0.3, 0.4) is 0 Å². The van der Waals surface area contributed by atoms with Crippen molar-refractivity contribution in [1.29, 1.82) is 0 Å². The van der Waals surface area contributed by atoms with Crippen molar-refractivity contribution in [2.45, 2.75) is 39.7 Å². The molecule has 0 amide bonds. The van der Waals surface area contributed by atoms with Gasteiger partial charge in [-0.25, -0.2) is 9.59 Å². The highest BCUT2D eigenvalue weighted by Crippen LogP contribution is 2.34. The Morgan fingerprint density at radius 2 is 1.90 bits per heavy atom. The lowest BCUT2D eigenvalue weighted by atomic mass is 9.89. The number of hydrogen-bond donors (Lipinski definition) is 0. The van der Waals surface area contributed by atoms with Gasteiger partial charge in [-0.15, -0.1) is 0 Å². The highest BCUT2D eigenvalue weighted by atomic mass is 16.6. The summed E-state index contributed by atoms with van der Waals surface area (Å²) >= 11 is 0. The van der Waals surface area contributed by atoms with Gasteiger partial charge in [0, 0.05) is 18.4 Å². The number of carbonyl (C=O) groups excluding carboxylic acids is 3. The lowest BCUT2D eigenvalue weighted by Crippen LogP contribution is -2.36. The SMILES string of the molecule is COc1cc(OC(C)=O)c2c(=O)oc([C@@H](C)C(=O)OC3C(=O)OCC3(C)C)cc2c1. The summed E-state index contributed by atoms with van der Waals surface area (Å²) in [4.78, 5) is 48.5. The maximum Gasteiger partial charge on any atom is 0.348 e. The first kappa shape index (κ1) is 21.4. The van der Waals surface area contributed by atoms with E-state index in [2.05, 4.69) is 0 Å². The average Bonchev–Trinajstić information content (AvgIpc) is 2.92. The van der Waals surface area contributed by atoms with Gasteiger partial charge in [0.2, 0.25) is 6.10 Å². The Labute approximate surface area is 171 Å². The first-order valence-corrected chi connectivity index (χ1v) is 9.25. The summed E-state index contributed by atoms with van der Waals surface area (Å²) in [5.74, 6) is -2.58. The third-order valence-corrected chi connectivity index (χ3v) is 4.83. The molecule has 9 nitrogen and oxygen atoms in total. The molecule has 2 atom stereocenters. The number of methoxy groups -OCH3 is 1. The lowest BCUT2D eigenvalue weighted by Gasteiger charge is -2.23. The monoisotopic (exact) mass is 418 g/mol. The molecular weight excluding hydrogens is 396 g/mol. The van der Waals surface area contributed by atoms with Crippen LogP contribution in [0.15, 0.2) is 27.4 Å². The summed E-state index contributed by atoms with van der Waals surface area (Å²) in [6.45, 7) is 6.34. The van der Waals surface area contributed by atoms with Crippen LogP contribution >= 0.6 is 0 Å². The van der Waals surface area contributed by atoms with Crippen molar-refractivity contribution in [2.75, 3.05) is 13.7 Å². The molecule has 1 aromatic heterocycles. The Morgan fingerprint density at radius 1 is 1.20 bits per heavy atom. The van der Waals surface area contributed by atoms with E-state index in [-0.39, 0.29) is 23.5 Å². The first-order chi connectivity index (χ1) is 14.0. The van der Waals surface area contributed by atoms with Crippen molar-refractivity contribution >= 4 is 28.7 Å². The molecule has 2 aromatic rings. The molecule has 1 fully saturated rings. The number of benzene rings is 1. The van der Waals surface area contributed by atoms with Crippen LogP contribution in [0.25, 0.3) is 10.8 Å². The van der Waals surface area contributed by atoms with Gasteiger partial charge in [0.05, 0.1) is 7.11 Å². The van der Waals surface area contributed by atoms with E-state index in [0.717, 1.165) is 0 Å². The van der Waals surface area contributed by atoms with Crippen molar-refractivity contribution in [1.82, 2.24) is 0 Å². The highest BCUT2D eigenvalue weighted by molar-refractivity contribution is 5.91. The summed E-state index contributed by atoms with van der Waals surface area (Å²) in [5.41, 5.74) is -1.45. The second-order valence-electron chi connectivity index (χ2n) is 7.75. The van der Waals surface area contributed by atoms with Gasteiger partial charge in [-0.05, 0) is 24.4 Å². The number of rotatable bonds is 5. The summed E-state index contributed by atoms with van der Waals surface area (Å²) in [7, 11) is 1.42. The van der Waals surface area contributed by atoms with Crippen molar-refractivity contribution in [3.63, 3.8) is 0 Å². The standard InChI is InChI=1S/C21H22O9/c1-10(18(23)30-17-20(25)27-9-21(17,3)4)14-7-12-6-13(26-5)8-15(28-11(2)22)16(12)19(24)29-14/h6-8,10,17H,9H2,1-5H3/t10-,17?/m1/s1. The average molecular weight is 418 g/mol. The first-order valence-electron chi connectivity index (χ1n) is 9.25. The number of carbonyl (C=O) groups is 3. The van der Waals surface area contributed by atoms with Crippen molar-refractivity contribution in [3.8, 4) is 11.5 Å². The van der Waals surface area contributed by atoms with Crippen molar-refractivity contribution in [3.05, 3.63) is 34.4 Å². The Kier molecular flexibility index (Phi) is 5.56. The minimum Gasteiger partial charge on any atom is -0.497 e. The maximum atomic E-state index is 12.6. The van der Waals surface area contributed by atoms with Crippen LogP contribution in [-0.4, -0.2) is 37.7 Å². The normalized spacial score (nSPS) is 18.6. The number of cyclic esters (lactones) is 1. The Balaban J connectivity index is 1.98. The number of esters is 3. The van der Waals surface area contributed by atoms with Gasteiger partial charge in [-0.2, -0.15) is 0 Å². The summed E-state index contributed by atoms with van der Waals surface area (Å²) in [6, 6.07) is 4.42. The second kappa shape index (κ2) is 7.81. The van der Waals surface area contributed by atoms with Gasteiger partial charge < -0.3 is 23.4 Å². The van der Waals surface area contributed by atoms with Gasteiger partial charge in [0.25, 0.3) is 0 Å². The van der Waals surface area contributed by atoms with Gasteiger partial charge in [-0.1, -0.05) is 13.8 Å². The molecule has 2 heterocycles. The molecule has 0 bridgehead atoms. The molecule has 0 N–H and O–H groups in total. The molecule has 0 aliphatic carbocycles. The van der Waals surface area contributed by atoms with E-state index in [1.54, 1.807) is 19.9 Å². The van der Waals surface area contributed by atoms with Crippen LogP contribution < -0.4 is 15.1 Å². The molecule has 0 spiro atoms. The van der Waals surface area contributed by atoms with E-state index < -0.39 is 41.0 Å². The molecule has 0 radical (unpaired) electrons. The fourth-order valence-electron chi connectivity index (χ4n) is 3.12. The Bertz CT molecular complexity index is 1080. The van der Waals surface area contributed by atoms with Gasteiger partial charge in [0.15, 0.2) is 0 Å². The fourth-order valence-corrected chi connectivity index (χ4v) is 3.12. The molecule has 1 saturated heterocycles. The number of hydrogen-bond acceptors (Lipinski definition) is 9. The molecule has 3 rings (SSSR count). The van der Waals surface area contributed by atoms with Crippen molar-refractivity contribution < 1.29 is 37.7 Å². The van der Waals surface area contributed by atoms with Crippen LogP contribution in [-0.2, 0) is 23.9 Å². The zero-order valence-corrected chi connectivity index (χ0v) is 17.3. The molecule has 0 saturated carbocycles. The van der Waals surface area contributed by atoms with E-state index in [4.69, 9.17) is 23.4 Å². The maximum absolute atomic E-state index is 12.6. The van der Waals surface area contributed by atoms with E-state index in [1.807, 2.05) is 0 Å². The molecule has 1 unspecified atom stereocenters. The lowest BCUT2D eigenvalue weighted by molar-refractivity contribution is -0.164. The topological polar surface area (TPSA) is 118 Å². The predicted molar refractivity (Wildman–Crippen MR) is 103 cm³/mol. The molecule has 1 aromatic carbocycles. The Hall–Kier alpha value is -3.36. The highest BCUT2D eigenvalue weighted by Gasteiger charge is 2.47. The van der Waals surface area contributed by atoms with E-state index in [1.165, 1.54) is 33.1 Å². The van der Waals surface area contributed by atoms with E-state index in [9.17, 15) is 19.2 Å². The minimum absolute atomic E-state index is 0.0113. The van der Waals surface area contributed by atoms with Crippen LogP contribution in [0.1, 0.15) is 39.4 Å². The van der Waals surface area contributed by atoms with Gasteiger partial charge in [-0.3, -0.25) is 9.59 Å². The molecule has 9 heteroatoms. The van der Waals surface area contributed by atoms with Crippen LogP contribution in [0.2, 0.25) is 0 Å². The fraction of sp³-hybridized carbons (Fsp3) is 0.429. The van der Waals surface area contributed by atoms with Gasteiger partial charge in [0.1, 0.15) is 35.2 Å². The van der Waals surface area contributed by atoms with Gasteiger partial charge >= 0.3 is 23.5 Å². The zero-order chi connectivity index (χ0) is 22.2. The summed E-state index contributed by atoms with van der Waals surface area (Å²) in [6.07, 6.45) is -1.05. The summed E-state index contributed by atoms with van der Waals surface area (Å²) in [5, 5.41) is 0.396. The van der Waals surface area contributed by atoms with Crippen molar-refractivity contribution in [2.24, 2.45) is 5.41 Å².